The van der Waals surface area contributed by atoms with Gasteiger partial charge in [-0.1, -0.05) is 6.92 Å². The summed E-state index contributed by atoms with van der Waals surface area (Å²) in [7, 11) is 0. The fourth-order valence-corrected chi connectivity index (χ4v) is 2.42. The van der Waals surface area contributed by atoms with Crippen LogP contribution in [0.15, 0.2) is 78.2 Å². The minimum atomic E-state index is -0.456. The Balaban J connectivity index is 1.52. The van der Waals surface area contributed by atoms with Crippen molar-refractivity contribution in [2.24, 2.45) is 5.10 Å². The van der Waals surface area contributed by atoms with Gasteiger partial charge in [-0.3, -0.25) is 9.78 Å². The average Bonchev–Trinajstić information content (AvgIpc) is 2.79. The predicted molar refractivity (Wildman–Crippen MR) is 113 cm³/mol. The molecule has 0 saturated carbocycles. The number of esters is 1. The van der Waals surface area contributed by atoms with Crippen LogP contribution in [0.25, 0.3) is 0 Å². The first-order valence-corrected chi connectivity index (χ1v) is 9.44. The van der Waals surface area contributed by atoms with Crippen molar-refractivity contribution in [3.8, 4) is 11.5 Å². The van der Waals surface area contributed by atoms with Gasteiger partial charge in [0.1, 0.15) is 11.5 Å². The van der Waals surface area contributed by atoms with Crippen molar-refractivity contribution in [1.29, 1.82) is 0 Å². The van der Waals surface area contributed by atoms with Gasteiger partial charge in [-0.05, 0) is 72.6 Å². The van der Waals surface area contributed by atoms with E-state index in [1.165, 1.54) is 12.4 Å². The van der Waals surface area contributed by atoms with Gasteiger partial charge in [-0.2, -0.15) is 5.10 Å². The normalized spacial score (nSPS) is 10.6. The summed E-state index contributed by atoms with van der Waals surface area (Å²) < 4.78 is 10.9. The van der Waals surface area contributed by atoms with Gasteiger partial charge in [0, 0.05) is 12.4 Å². The first-order chi connectivity index (χ1) is 14.7. The van der Waals surface area contributed by atoms with Crippen LogP contribution in [-0.4, -0.2) is 29.7 Å². The molecule has 0 unspecified atom stereocenters. The average molecular weight is 403 g/mol. The number of hydrazone groups is 1. The van der Waals surface area contributed by atoms with E-state index in [0.29, 0.717) is 29.2 Å². The first-order valence-electron chi connectivity index (χ1n) is 9.44. The van der Waals surface area contributed by atoms with Crippen molar-refractivity contribution in [3.05, 3.63) is 89.7 Å². The molecule has 0 aliphatic rings. The number of benzene rings is 2. The zero-order valence-electron chi connectivity index (χ0n) is 16.4. The van der Waals surface area contributed by atoms with E-state index in [0.717, 1.165) is 12.0 Å². The van der Waals surface area contributed by atoms with E-state index in [-0.39, 0.29) is 5.91 Å². The highest BCUT2D eigenvalue weighted by Gasteiger charge is 2.09. The lowest BCUT2D eigenvalue weighted by atomic mass is 10.2. The van der Waals surface area contributed by atoms with E-state index in [9.17, 15) is 9.59 Å². The SMILES string of the molecule is CCCOc1ccc(C(=O)Oc2ccc(C=NNC(=O)c3cccnc3)cc2)cc1. The molecule has 0 aliphatic carbocycles. The number of nitrogens with one attached hydrogen (secondary N) is 1. The number of rotatable bonds is 8. The van der Waals surface area contributed by atoms with E-state index < -0.39 is 5.97 Å². The molecule has 3 rings (SSSR count). The van der Waals surface area contributed by atoms with E-state index in [4.69, 9.17) is 9.47 Å². The van der Waals surface area contributed by atoms with E-state index in [1.54, 1.807) is 66.9 Å². The minimum absolute atomic E-state index is 0.351. The van der Waals surface area contributed by atoms with Crippen LogP contribution in [0, 0.1) is 0 Å². The number of pyridine rings is 1. The maximum atomic E-state index is 12.3. The fraction of sp³-hybridized carbons (Fsp3) is 0.130. The van der Waals surface area contributed by atoms with Gasteiger partial charge in [0.2, 0.25) is 0 Å². The molecule has 0 saturated heterocycles. The molecule has 7 heteroatoms. The number of amides is 1. The monoisotopic (exact) mass is 403 g/mol. The van der Waals surface area contributed by atoms with Crippen molar-refractivity contribution >= 4 is 18.1 Å². The van der Waals surface area contributed by atoms with Crippen molar-refractivity contribution < 1.29 is 19.1 Å². The highest BCUT2D eigenvalue weighted by Crippen LogP contribution is 2.16. The van der Waals surface area contributed by atoms with Gasteiger partial charge >= 0.3 is 5.97 Å². The molecular weight excluding hydrogens is 382 g/mol. The Kier molecular flexibility index (Phi) is 7.27. The van der Waals surface area contributed by atoms with Crippen LogP contribution in [0.4, 0.5) is 0 Å². The van der Waals surface area contributed by atoms with Crippen molar-refractivity contribution in [2.45, 2.75) is 13.3 Å². The molecule has 152 valence electrons. The van der Waals surface area contributed by atoms with Gasteiger partial charge in [-0.25, -0.2) is 10.2 Å². The van der Waals surface area contributed by atoms with E-state index in [2.05, 4.69) is 15.5 Å². The maximum absolute atomic E-state index is 12.3. The molecule has 0 bridgehead atoms. The van der Waals surface area contributed by atoms with Gasteiger partial charge < -0.3 is 9.47 Å². The second-order valence-corrected chi connectivity index (χ2v) is 6.27. The predicted octanol–water partition coefficient (Wildman–Crippen LogP) is 3.85. The fourth-order valence-electron chi connectivity index (χ4n) is 2.42. The lowest BCUT2D eigenvalue weighted by Gasteiger charge is -2.07. The van der Waals surface area contributed by atoms with Crippen LogP contribution < -0.4 is 14.9 Å². The summed E-state index contributed by atoms with van der Waals surface area (Å²) in [4.78, 5) is 28.0. The molecule has 0 fully saturated rings. The quantitative estimate of drug-likeness (QED) is 0.267. The van der Waals surface area contributed by atoms with Gasteiger partial charge in [0.15, 0.2) is 0 Å². The maximum Gasteiger partial charge on any atom is 0.343 e. The molecule has 7 nitrogen and oxygen atoms in total. The van der Waals surface area contributed by atoms with Crippen LogP contribution in [0.1, 0.15) is 39.6 Å². The molecule has 1 N–H and O–H groups in total. The lowest BCUT2D eigenvalue weighted by Crippen LogP contribution is -2.17. The summed E-state index contributed by atoms with van der Waals surface area (Å²) in [6.07, 6.45) is 5.46. The number of ether oxygens (including phenoxy) is 2. The third-order valence-electron chi connectivity index (χ3n) is 3.96. The molecule has 30 heavy (non-hydrogen) atoms. The Bertz CT molecular complexity index is 1000. The number of hydrogen-bond acceptors (Lipinski definition) is 6. The Morgan fingerprint density at radius 2 is 1.73 bits per heavy atom. The van der Waals surface area contributed by atoms with Crippen LogP contribution in [0.3, 0.4) is 0 Å². The summed E-state index contributed by atoms with van der Waals surface area (Å²) in [6, 6.07) is 16.9. The Hall–Kier alpha value is -4.00. The summed E-state index contributed by atoms with van der Waals surface area (Å²) in [5.74, 6) is 0.314. The van der Waals surface area contributed by atoms with Gasteiger partial charge in [0.05, 0.1) is 23.9 Å². The van der Waals surface area contributed by atoms with Crippen molar-refractivity contribution in [3.63, 3.8) is 0 Å². The highest BCUT2D eigenvalue weighted by molar-refractivity contribution is 5.94. The van der Waals surface area contributed by atoms with Gasteiger partial charge in [-0.15, -0.1) is 0 Å². The molecule has 0 atom stereocenters. The molecule has 0 radical (unpaired) electrons. The molecule has 3 aromatic rings. The second-order valence-electron chi connectivity index (χ2n) is 6.27. The molecule has 1 aromatic heterocycles. The van der Waals surface area contributed by atoms with Crippen molar-refractivity contribution in [1.82, 2.24) is 10.4 Å². The summed E-state index contributed by atoms with van der Waals surface area (Å²) in [5, 5.41) is 3.91. The Morgan fingerprint density at radius 3 is 2.40 bits per heavy atom. The number of aromatic nitrogens is 1. The third kappa shape index (κ3) is 6.00. The first kappa shape index (κ1) is 20.7. The molecule has 0 spiro atoms. The number of hydrogen-bond donors (Lipinski definition) is 1. The topological polar surface area (TPSA) is 89.9 Å². The molecule has 1 heterocycles. The van der Waals surface area contributed by atoms with Crippen LogP contribution >= 0.6 is 0 Å². The molecule has 0 aliphatic heterocycles. The summed E-state index contributed by atoms with van der Waals surface area (Å²) in [5.41, 5.74) is 4.01. The standard InChI is InChI=1S/C23H21N3O4/c1-2-14-29-20-11-7-18(8-12-20)23(28)30-21-9-5-17(6-10-21)15-25-26-22(27)19-4-3-13-24-16-19/h3-13,15-16H,2,14H2,1H3,(H,26,27). The molecule has 1 amide bonds. The molecular formula is C23H21N3O4. The largest absolute Gasteiger partial charge is 0.494 e. The van der Waals surface area contributed by atoms with Gasteiger partial charge in [0.25, 0.3) is 5.91 Å². The van der Waals surface area contributed by atoms with Crippen LogP contribution in [0.2, 0.25) is 0 Å². The van der Waals surface area contributed by atoms with E-state index >= 15 is 0 Å². The minimum Gasteiger partial charge on any atom is -0.494 e. The van der Waals surface area contributed by atoms with Crippen LogP contribution in [0.5, 0.6) is 11.5 Å². The second kappa shape index (κ2) is 10.5. The summed E-state index contributed by atoms with van der Waals surface area (Å²) in [6.45, 7) is 2.66. The smallest absolute Gasteiger partial charge is 0.343 e. The number of nitrogens with zero attached hydrogens (tertiary/aromatic N) is 2. The number of carbonyl (C=O) groups excluding carboxylic acids is 2. The number of carbonyl (C=O) groups is 2. The van der Waals surface area contributed by atoms with E-state index in [1.807, 2.05) is 6.92 Å². The Morgan fingerprint density at radius 1 is 1.00 bits per heavy atom. The highest BCUT2D eigenvalue weighted by atomic mass is 16.5. The van der Waals surface area contributed by atoms with Crippen LogP contribution in [-0.2, 0) is 0 Å². The van der Waals surface area contributed by atoms with Crippen molar-refractivity contribution in [2.75, 3.05) is 6.61 Å². The Labute approximate surface area is 174 Å². The molecule has 2 aromatic carbocycles. The summed E-state index contributed by atoms with van der Waals surface area (Å²) >= 11 is 0. The zero-order valence-corrected chi connectivity index (χ0v) is 16.4. The third-order valence-corrected chi connectivity index (χ3v) is 3.96. The zero-order chi connectivity index (χ0) is 21.2. The lowest BCUT2D eigenvalue weighted by molar-refractivity contribution is 0.0734.